The molecule has 11 nitrogen and oxygen atoms in total. The van der Waals surface area contributed by atoms with Gasteiger partial charge in [-0.2, -0.15) is 0 Å². The van der Waals surface area contributed by atoms with Crippen LogP contribution in [0.25, 0.3) is 0 Å². The second-order valence-electron chi connectivity index (χ2n) is 13.1. The van der Waals surface area contributed by atoms with Gasteiger partial charge < -0.3 is 18.9 Å². The van der Waals surface area contributed by atoms with E-state index < -0.39 is 59.0 Å². The monoisotopic (exact) mass is 828 g/mol. The Morgan fingerprint density at radius 3 is 1.75 bits per heavy atom. The van der Waals surface area contributed by atoms with Crippen molar-refractivity contribution in [2.24, 2.45) is 0 Å². The van der Waals surface area contributed by atoms with Crippen LogP contribution in [-0.4, -0.2) is 69.5 Å². The molecule has 4 aromatic rings. The number of hydrogen-bond acceptors (Lipinski definition) is 9. The van der Waals surface area contributed by atoms with Crippen LogP contribution in [0.2, 0.25) is 0 Å². The first kappa shape index (κ1) is 40.8. The lowest BCUT2D eigenvalue weighted by Gasteiger charge is -2.64. The molecule has 2 saturated heterocycles. The summed E-state index contributed by atoms with van der Waals surface area (Å²) in [6.45, 7) is 0.664. The van der Waals surface area contributed by atoms with Crippen LogP contribution >= 0.6 is 41.7 Å². The van der Waals surface area contributed by atoms with Crippen molar-refractivity contribution in [2.75, 3.05) is 13.7 Å². The van der Waals surface area contributed by atoms with Gasteiger partial charge in [0.2, 0.25) is 3.79 Å². The Morgan fingerprint density at radius 1 is 0.800 bits per heavy atom. The second kappa shape index (κ2) is 16.3. The molecular weight excluding hydrogens is 790 g/mol. The molecule has 2 aliphatic rings. The van der Waals surface area contributed by atoms with E-state index in [1.807, 2.05) is 97.1 Å². The van der Waals surface area contributed by atoms with E-state index in [9.17, 15) is 4.79 Å². The van der Waals surface area contributed by atoms with Crippen molar-refractivity contribution < 1.29 is 42.8 Å². The van der Waals surface area contributed by atoms with Crippen molar-refractivity contribution in [2.45, 2.75) is 61.3 Å². The van der Waals surface area contributed by atoms with Gasteiger partial charge in [0, 0.05) is 14.0 Å². The molecule has 1 spiro atoms. The van der Waals surface area contributed by atoms with Crippen molar-refractivity contribution in [1.29, 1.82) is 0 Å². The smallest absolute Gasteiger partial charge is 0.410 e. The quantitative estimate of drug-likeness (QED) is 0.0609. The predicted octanol–water partition coefficient (Wildman–Crippen LogP) is 6.32. The molecule has 290 valence electrons. The number of rotatable bonds is 11. The molecule has 2 amide bonds. The standard InChI is InChI=1S/C40H40Cl3N2O9P/c1-5-32-52-37(2,3)54-40(53-32)39(49-4,44-36(48)50-26-28-18-10-6-11-19-28)35(47)45(40)33(34(46)51-27-38(41,42)43)55(29-20-12-7-13-21-29,30-22-14-8-15-23-30)31-24-16-9-17-25-31/h6-25,32H,5,26-27H2,1-4H3,(H,44,48)/t32?,39-,40+/m1/s1. The van der Waals surface area contributed by atoms with Gasteiger partial charge in [0.1, 0.15) is 18.6 Å². The Labute approximate surface area is 334 Å². The van der Waals surface area contributed by atoms with Crippen molar-refractivity contribution in [3.8, 4) is 0 Å². The highest BCUT2D eigenvalue weighted by atomic mass is 35.6. The summed E-state index contributed by atoms with van der Waals surface area (Å²) < 4.78 is 34.7. The Hall–Kier alpha value is -3.90. The number of hydrogen-bond donors (Lipinski definition) is 1. The van der Waals surface area contributed by atoms with E-state index in [1.54, 1.807) is 45.0 Å². The van der Waals surface area contributed by atoms with Gasteiger partial charge >= 0.3 is 23.7 Å². The van der Waals surface area contributed by atoms with Crippen LogP contribution in [-0.2, 0) is 44.6 Å². The lowest BCUT2D eigenvalue weighted by molar-refractivity contribution is -0.533. The van der Waals surface area contributed by atoms with Crippen molar-refractivity contribution in [3.63, 3.8) is 0 Å². The molecular formula is C40H40Cl3N2O9P. The molecule has 2 aliphatic heterocycles. The maximum absolute atomic E-state index is 15.3. The van der Waals surface area contributed by atoms with Crippen molar-refractivity contribution in [3.05, 3.63) is 127 Å². The van der Waals surface area contributed by atoms with Crippen LogP contribution in [0, 0.1) is 0 Å². The summed E-state index contributed by atoms with van der Waals surface area (Å²) in [4.78, 5) is 45.2. The minimum atomic E-state index is -3.56. The molecule has 4 aromatic carbocycles. The lowest BCUT2D eigenvalue weighted by atomic mass is 9.93. The normalized spacial score (nSPS) is 22.1. The highest BCUT2D eigenvalue weighted by Gasteiger charge is 2.82. The Balaban J connectivity index is 1.69. The number of β-lactam (4-membered cyclic amide) rings is 1. The SMILES string of the molecule is CCC1OC(C)(C)O[C@]2(O1)N(C(C(=O)OCC(Cl)(Cl)Cl)=P(c1ccccc1)(c1ccccc1)c1ccccc1)C(=O)[C@@]2(NC(=O)OCc1ccccc1)OC. The Morgan fingerprint density at radius 2 is 1.29 bits per heavy atom. The molecule has 55 heavy (non-hydrogen) atoms. The third-order valence-electron chi connectivity index (χ3n) is 8.97. The minimum Gasteiger partial charge on any atom is -0.456 e. The summed E-state index contributed by atoms with van der Waals surface area (Å²) in [5.41, 5.74) is -1.95. The maximum Gasteiger partial charge on any atom is 0.410 e. The molecule has 0 saturated carbocycles. The summed E-state index contributed by atoms with van der Waals surface area (Å²) >= 11 is 18.4. The molecule has 0 radical (unpaired) electrons. The van der Waals surface area contributed by atoms with Crippen LogP contribution in [0.15, 0.2) is 121 Å². The number of nitrogens with one attached hydrogen (secondary N) is 1. The van der Waals surface area contributed by atoms with Gasteiger partial charge in [0.15, 0.2) is 12.1 Å². The number of carbonyl (C=O) groups excluding carboxylic acids is 3. The van der Waals surface area contributed by atoms with E-state index in [1.165, 1.54) is 7.11 Å². The van der Waals surface area contributed by atoms with Crippen LogP contribution < -0.4 is 21.2 Å². The topological polar surface area (TPSA) is 122 Å². The molecule has 2 heterocycles. The first-order chi connectivity index (χ1) is 26.2. The number of ether oxygens (including phenoxy) is 6. The number of nitrogens with zero attached hydrogens (tertiary/aromatic N) is 1. The average Bonchev–Trinajstić information content (AvgIpc) is 3.18. The van der Waals surface area contributed by atoms with Crippen molar-refractivity contribution in [1.82, 2.24) is 10.2 Å². The summed E-state index contributed by atoms with van der Waals surface area (Å²) in [6.07, 6.45) is -1.80. The number of carbonyl (C=O) groups is 3. The Kier molecular flexibility index (Phi) is 12.1. The summed E-state index contributed by atoms with van der Waals surface area (Å²) in [5, 5.41) is 4.55. The van der Waals surface area contributed by atoms with E-state index in [-0.39, 0.29) is 18.4 Å². The van der Waals surface area contributed by atoms with Gasteiger partial charge in [-0.15, -0.1) is 0 Å². The molecule has 3 atom stereocenters. The summed E-state index contributed by atoms with van der Waals surface area (Å²) in [5.74, 6) is -5.86. The number of alkyl carbamates (subject to hydrolysis) is 1. The second-order valence-corrected chi connectivity index (χ2v) is 18.9. The first-order valence-electron chi connectivity index (χ1n) is 17.3. The van der Waals surface area contributed by atoms with Crippen LogP contribution in [0.3, 0.4) is 0 Å². The van der Waals surface area contributed by atoms with Gasteiger partial charge in [-0.25, -0.2) is 14.5 Å². The van der Waals surface area contributed by atoms with Gasteiger partial charge in [-0.3, -0.25) is 19.6 Å². The predicted molar refractivity (Wildman–Crippen MR) is 212 cm³/mol. The van der Waals surface area contributed by atoms with E-state index >= 15 is 9.59 Å². The van der Waals surface area contributed by atoms with E-state index in [0.717, 1.165) is 4.90 Å². The zero-order valence-electron chi connectivity index (χ0n) is 30.4. The fourth-order valence-corrected chi connectivity index (χ4v) is 11.3. The number of amides is 2. The average molecular weight is 830 g/mol. The minimum absolute atomic E-state index is 0.128. The molecule has 0 aromatic heterocycles. The number of esters is 1. The van der Waals surface area contributed by atoms with Gasteiger partial charge in [-0.05, 0) is 41.7 Å². The molecule has 1 unspecified atom stereocenters. The number of likely N-dealkylation sites (tertiary alicyclic amines) is 1. The first-order valence-corrected chi connectivity index (χ1v) is 20.3. The van der Waals surface area contributed by atoms with Crippen LogP contribution in [0.1, 0.15) is 32.8 Å². The fraction of sp³-hybridized carbons (Fsp3) is 0.300. The third-order valence-corrected chi connectivity index (χ3v) is 13.5. The lowest BCUT2D eigenvalue weighted by Crippen LogP contribution is -2.93. The van der Waals surface area contributed by atoms with Crippen molar-refractivity contribution >= 4 is 81.0 Å². The van der Waals surface area contributed by atoms with Gasteiger partial charge in [0.25, 0.3) is 5.91 Å². The molecule has 1 N–H and O–H groups in total. The number of methoxy groups -OCH3 is 1. The molecule has 15 heteroatoms. The highest BCUT2D eigenvalue weighted by molar-refractivity contribution is 7.96. The van der Waals surface area contributed by atoms with E-state index in [2.05, 4.69) is 5.32 Å². The van der Waals surface area contributed by atoms with Crippen LogP contribution in [0.5, 0.6) is 0 Å². The largest absolute Gasteiger partial charge is 0.456 e. The van der Waals surface area contributed by atoms with E-state index in [4.69, 9.17) is 63.2 Å². The third kappa shape index (κ3) is 7.77. The maximum atomic E-state index is 15.3. The molecule has 2 fully saturated rings. The molecule has 0 aliphatic carbocycles. The number of alkyl halides is 3. The summed E-state index contributed by atoms with van der Waals surface area (Å²) in [7, 11) is 1.21. The zero-order chi connectivity index (χ0) is 39.5. The van der Waals surface area contributed by atoms with Crippen LogP contribution in [0.4, 0.5) is 4.79 Å². The number of benzene rings is 4. The number of halogens is 3. The molecule has 6 rings (SSSR count). The van der Waals surface area contributed by atoms with Gasteiger partial charge in [-0.1, -0.05) is 163 Å². The molecule has 0 bridgehead atoms. The Bertz CT molecular complexity index is 1950. The fourth-order valence-electron chi connectivity index (χ4n) is 6.75. The summed E-state index contributed by atoms with van der Waals surface area (Å²) in [6, 6.07) is 36.6. The zero-order valence-corrected chi connectivity index (χ0v) is 33.6. The highest BCUT2D eigenvalue weighted by Crippen LogP contribution is 2.56. The van der Waals surface area contributed by atoms with E-state index in [0.29, 0.717) is 21.5 Å². The van der Waals surface area contributed by atoms with Gasteiger partial charge in [0.05, 0.1) is 0 Å².